The van der Waals surface area contributed by atoms with E-state index in [1.54, 1.807) is 7.11 Å². The summed E-state index contributed by atoms with van der Waals surface area (Å²) in [6.07, 6.45) is 1.02. The quantitative estimate of drug-likeness (QED) is 0.820. The molecule has 110 valence electrons. The lowest BCUT2D eigenvalue weighted by atomic mass is 9.95. The maximum absolute atomic E-state index is 12.1. The zero-order valence-corrected chi connectivity index (χ0v) is 12.9. The summed E-state index contributed by atoms with van der Waals surface area (Å²) < 4.78 is 5.24. The van der Waals surface area contributed by atoms with Crippen molar-refractivity contribution in [2.45, 2.75) is 19.4 Å². The van der Waals surface area contributed by atoms with Crippen molar-refractivity contribution in [1.82, 2.24) is 10.2 Å². The van der Waals surface area contributed by atoms with Gasteiger partial charge in [-0.05, 0) is 29.9 Å². The molecule has 0 aliphatic carbocycles. The van der Waals surface area contributed by atoms with Crippen LogP contribution in [0.5, 0.6) is 5.75 Å². The second kappa shape index (κ2) is 7.43. The Kier molecular flexibility index (Phi) is 5.59. The number of carbonyl (C=O) groups excluding carboxylic acids is 1. The second-order valence-electron chi connectivity index (χ2n) is 4.70. The number of hydrogen-bond donors (Lipinski definition) is 1. The number of nitrogens with one attached hydrogen (secondary N) is 1. The lowest BCUT2D eigenvalue weighted by molar-refractivity contribution is 0.115. The van der Waals surface area contributed by atoms with Gasteiger partial charge in [-0.25, -0.2) is 4.79 Å². The van der Waals surface area contributed by atoms with Crippen molar-refractivity contribution >= 4 is 17.8 Å². The molecular formula is C15H22N2O2S. The summed E-state index contributed by atoms with van der Waals surface area (Å²) in [6, 6.07) is 8.19. The SMILES string of the molecule is CCSCCNC(=O)N1CCC1c1cccc(OC)c1. The van der Waals surface area contributed by atoms with Crippen LogP contribution in [-0.4, -0.2) is 42.6 Å². The van der Waals surface area contributed by atoms with Crippen molar-refractivity contribution in [2.24, 2.45) is 0 Å². The molecule has 0 spiro atoms. The van der Waals surface area contributed by atoms with Crippen molar-refractivity contribution in [3.05, 3.63) is 29.8 Å². The number of rotatable bonds is 6. The summed E-state index contributed by atoms with van der Waals surface area (Å²) in [7, 11) is 1.66. The van der Waals surface area contributed by atoms with Crippen LogP contribution >= 0.6 is 11.8 Å². The summed E-state index contributed by atoms with van der Waals surface area (Å²) in [4.78, 5) is 14.0. The van der Waals surface area contributed by atoms with E-state index in [9.17, 15) is 4.79 Å². The fourth-order valence-corrected chi connectivity index (χ4v) is 2.84. The molecule has 1 aliphatic heterocycles. The lowest BCUT2D eigenvalue weighted by Gasteiger charge is -2.41. The van der Waals surface area contributed by atoms with Crippen molar-refractivity contribution in [2.75, 3.05) is 31.7 Å². The molecule has 2 amide bonds. The standard InChI is InChI=1S/C15H22N2O2S/c1-3-20-10-8-16-15(18)17-9-7-14(17)12-5-4-6-13(11-12)19-2/h4-6,11,14H,3,7-10H2,1-2H3,(H,16,18). The molecule has 4 nitrogen and oxygen atoms in total. The molecule has 1 fully saturated rings. The summed E-state index contributed by atoms with van der Waals surface area (Å²) in [5, 5.41) is 2.98. The predicted octanol–water partition coefficient (Wildman–Crippen LogP) is 2.90. The number of methoxy groups -OCH3 is 1. The highest BCUT2D eigenvalue weighted by molar-refractivity contribution is 7.99. The number of amides is 2. The number of ether oxygens (including phenoxy) is 1. The predicted molar refractivity (Wildman–Crippen MR) is 83.5 cm³/mol. The first-order valence-electron chi connectivity index (χ1n) is 7.02. The molecule has 20 heavy (non-hydrogen) atoms. The Labute approximate surface area is 124 Å². The average Bonchev–Trinajstić information content (AvgIpc) is 2.43. The zero-order chi connectivity index (χ0) is 14.4. The molecule has 1 heterocycles. The Bertz CT molecular complexity index is 453. The number of hydrogen-bond acceptors (Lipinski definition) is 3. The van der Waals surface area contributed by atoms with E-state index in [2.05, 4.69) is 18.3 Å². The van der Waals surface area contributed by atoms with Gasteiger partial charge in [0.05, 0.1) is 13.2 Å². The van der Waals surface area contributed by atoms with E-state index in [0.29, 0.717) is 0 Å². The van der Waals surface area contributed by atoms with Gasteiger partial charge in [0.1, 0.15) is 5.75 Å². The van der Waals surface area contributed by atoms with E-state index in [-0.39, 0.29) is 12.1 Å². The molecule has 1 aromatic carbocycles. The van der Waals surface area contributed by atoms with Crippen LogP contribution in [-0.2, 0) is 0 Å². The fraction of sp³-hybridized carbons (Fsp3) is 0.533. The molecule has 1 N–H and O–H groups in total. The molecule has 1 unspecified atom stereocenters. The summed E-state index contributed by atoms with van der Waals surface area (Å²) in [6.45, 7) is 3.69. The van der Waals surface area contributed by atoms with Crippen LogP contribution in [0, 0.1) is 0 Å². The highest BCUT2D eigenvalue weighted by Crippen LogP contribution is 2.34. The van der Waals surface area contributed by atoms with Crippen molar-refractivity contribution in [1.29, 1.82) is 0 Å². The third-order valence-corrected chi connectivity index (χ3v) is 4.39. The maximum atomic E-state index is 12.1. The number of nitrogens with zero attached hydrogens (tertiary/aromatic N) is 1. The van der Waals surface area contributed by atoms with Gasteiger partial charge in [-0.1, -0.05) is 19.1 Å². The van der Waals surface area contributed by atoms with E-state index in [4.69, 9.17) is 4.74 Å². The fourth-order valence-electron chi connectivity index (χ4n) is 2.30. The molecule has 0 saturated carbocycles. The van der Waals surface area contributed by atoms with Crippen molar-refractivity contribution in [3.8, 4) is 5.75 Å². The number of likely N-dealkylation sites (tertiary alicyclic amines) is 1. The van der Waals surface area contributed by atoms with Gasteiger partial charge in [0.2, 0.25) is 0 Å². The van der Waals surface area contributed by atoms with E-state index in [1.165, 1.54) is 0 Å². The van der Waals surface area contributed by atoms with Gasteiger partial charge in [-0.3, -0.25) is 0 Å². The first-order valence-corrected chi connectivity index (χ1v) is 8.18. The monoisotopic (exact) mass is 294 g/mol. The topological polar surface area (TPSA) is 41.6 Å². The molecule has 1 atom stereocenters. The summed E-state index contributed by atoms with van der Waals surface area (Å²) in [5.41, 5.74) is 1.15. The Balaban J connectivity index is 1.88. The average molecular weight is 294 g/mol. The van der Waals surface area contributed by atoms with Crippen molar-refractivity contribution < 1.29 is 9.53 Å². The third kappa shape index (κ3) is 3.60. The molecular weight excluding hydrogens is 272 g/mol. The Morgan fingerprint density at radius 2 is 2.40 bits per heavy atom. The normalized spacial score (nSPS) is 17.5. The molecule has 1 saturated heterocycles. The van der Waals surface area contributed by atoms with Crippen LogP contribution in [0.15, 0.2) is 24.3 Å². The van der Waals surface area contributed by atoms with E-state index in [0.717, 1.165) is 42.3 Å². The van der Waals surface area contributed by atoms with Crippen molar-refractivity contribution in [3.63, 3.8) is 0 Å². The summed E-state index contributed by atoms with van der Waals surface area (Å²) in [5.74, 6) is 2.90. The van der Waals surface area contributed by atoms with Gasteiger partial charge >= 0.3 is 6.03 Å². The van der Waals surface area contributed by atoms with Gasteiger partial charge in [-0.15, -0.1) is 0 Å². The summed E-state index contributed by atoms with van der Waals surface area (Å²) >= 11 is 1.84. The Hall–Kier alpha value is -1.36. The van der Waals surface area contributed by atoms with Crippen LogP contribution in [0.25, 0.3) is 0 Å². The van der Waals surface area contributed by atoms with E-state index < -0.39 is 0 Å². The van der Waals surface area contributed by atoms with Gasteiger partial charge in [-0.2, -0.15) is 11.8 Å². The highest BCUT2D eigenvalue weighted by atomic mass is 32.2. The molecule has 0 radical (unpaired) electrons. The minimum absolute atomic E-state index is 0.0424. The minimum Gasteiger partial charge on any atom is -0.497 e. The van der Waals surface area contributed by atoms with Gasteiger partial charge < -0.3 is 15.0 Å². The van der Waals surface area contributed by atoms with E-state index in [1.807, 2.05) is 34.9 Å². The zero-order valence-electron chi connectivity index (χ0n) is 12.1. The molecule has 2 rings (SSSR count). The maximum Gasteiger partial charge on any atom is 0.317 e. The van der Waals surface area contributed by atoms with Gasteiger partial charge in [0, 0.05) is 18.8 Å². The van der Waals surface area contributed by atoms with Crippen LogP contribution in [0.2, 0.25) is 0 Å². The van der Waals surface area contributed by atoms with Crippen LogP contribution in [0.3, 0.4) is 0 Å². The third-order valence-electron chi connectivity index (χ3n) is 3.49. The molecule has 1 aliphatic rings. The molecule has 5 heteroatoms. The van der Waals surface area contributed by atoms with Crippen LogP contribution < -0.4 is 10.1 Å². The Morgan fingerprint density at radius 3 is 3.05 bits per heavy atom. The minimum atomic E-state index is 0.0424. The largest absolute Gasteiger partial charge is 0.497 e. The lowest BCUT2D eigenvalue weighted by Crippen LogP contribution is -2.50. The highest BCUT2D eigenvalue weighted by Gasteiger charge is 2.33. The smallest absolute Gasteiger partial charge is 0.317 e. The van der Waals surface area contributed by atoms with Crippen LogP contribution in [0.4, 0.5) is 4.79 Å². The number of urea groups is 1. The number of thioether (sulfide) groups is 1. The molecule has 0 aromatic heterocycles. The van der Waals surface area contributed by atoms with Gasteiger partial charge in [0.15, 0.2) is 0 Å². The molecule has 0 bridgehead atoms. The van der Waals surface area contributed by atoms with Crippen LogP contribution in [0.1, 0.15) is 24.9 Å². The van der Waals surface area contributed by atoms with E-state index >= 15 is 0 Å². The number of benzene rings is 1. The first-order chi connectivity index (χ1) is 9.76. The molecule has 1 aromatic rings. The number of carbonyl (C=O) groups is 1. The second-order valence-corrected chi connectivity index (χ2v) is 6.10. The van der Waals surface area contributed by atoms with Gasteiger partial charge in [0.25, 0.3) is 0 Å². The first kappa shape index (κ1) is 15.0. The Morgan fingerprint density at radius 1 is 1.55 bits per heavy atom.